The molecule has 0 amide bonds. The van der Waals surface area contributed by atoms with Crippen LogP contribution in [0, 0.1) is 6.92 Å². The third-order valence-corrected chi connectivity index (χ3v) is 7.31. The largest absolute Gasteiger partial charge is 0.464 e. The van der Waals surface area contributed by atoms with Crippen LogP contribution in [-0.4, -0.2) is 31.9 Å². The van der Waals surface area contributed by atoms with E-state index in [1.54, 1.807) is 20.2 Å². The number of aromatic nitrogens is 4. The molecule has 4 rings (SSSR count). The van der Waals surface area contributed by atoms with Gasteiger partial charge in [0.25, 0.3) is 0 Å². The second-order valence-electron chi connectivity index (χ2n) is 8.35. The number of nitrogens with zero attached hydrogens (tertiary/aromatic N) is 4. The first-order valence-electron chi connectivity index (χ1n) is 10.5. The van der Waals surface area contributed by atoms with Crippen LogP contribution in [0.4, 0.5) is 13.2 Å². The summed E-state index contributed by atoms with van der Waals surface area (Å²) in [5.74, 6) is -0.600. The van der Waals surface area contributed by atoms with Gasteiger partial charge in [-0.25, -0.2) is 9.78 Å². The summed E-state index contributed by atoms with van der Waals surface area (Å²) >= 11 is 3.20. The molecule has 2 atom stereocenters. The highest BCUT2D eigenvalue weighted by Gasteiger charge is 2.40. The average molecular weight is 513 g/mol. The molecule has 6 nitrogen and oxygen atoms in total. The molecule has 0 saturated carbocycles. The Morgan fingerprint density at radius 2 is 2.09 bits per heavy atom. The minimum Gasteiger partial charge on any atom is -0.464 e. The molecule has 2 aromatic heterocycles. The number of ether oxygens (including phenoxy) is 1. The molecule has 0 fully saturated rings. The summed E-state index contributed by atoms with van der Waals surface area (Å²) in [5, 5.41) is 4.36. The highest BCUT2D eigenvalue weighted by molar-refractivity contribution is 9.10. The van der Waals surface area contributed by atoms with Crippen LogP contribution in [-0.2, 0) is 27.7 Å². The fourth-order valence-corrected chi connectivity index (χ4v) is 4.83. The Balaban J connectivity index is 1.93. The van der Waals surface area contributed by atoms with Crippen LogP contribution in [0.3, 0.4) is 0 Å². The summed E-state index contributed by atoms with van der Waals surface area (Å²) < 4.78 is 50.1. The summed E-state index contributed by atoms with van der Waals surface area (Å²) in [6.07, 6.45) is 0.927. The Labute approximate surface area is 191 Å². The number of hydrogen-bond acceptors (Lipinski definition) is 4. The quantitative estimate of drug-likeness (QED) is 0.420. The molecule has 0 N–H and O–H groups in total. The van der Waals surface area contributed by atoms with Gasteiger partial charge in [-0.3, -0.25) is 4.68 Å². The molecule has 0 spiro atoms. The van der Waals surface area contributed by atoms with Crippen molar-refractivity contribution in [3.63, 3.8) is 0 Å². The number of alkyl halides is 3. The van der Waals surface area contributed by atoms with E-state index >= 15 is 0 Å². The molecule has 32 heavy (non-hydrogen) atoms. The number of esters is 1. The van der Waals surface area contributed by atoms with Crippen LogP contribution in [0.25, 0.3) is 10.9 Å². The van der Waals surface area contributed by atoms with Crippen LogP contribution in [0.5, 0.6) is 0 Å². The Morgan fingerprint density at radius 3 is 2.72 bits per heavy atom. The third kappa shape index (κ3) is 3.52. The Bertz CT molecular complexity index is 1200. The van der Waals surface area contributed by atoms with E-state index in [-0.39, 0.29) is 23.0 Å². The number of carbonyl (C=O) groups is 1. The van der Waals surface area contributed by atoms with E-state index < -0.39 is 23.8 Å². The van der Waals surface area contributed by atoms with E-state index in [0.717, 1.165) is 31.0 Å². The molecule has 1 aliphatic heterocycles. The predicted molar refractivity (Wildman–Crippen MR) is 116 cm³/mol. The zero-order valence-corrected chi connectivity index (χ0v) is 19.8. The van der Waals surface area contributed by atoms with Crippen molar-refractivity contribution < 1.29 is 22.7 Å². The van der Waals surface area contributed by atoms with Crippen LogP contribution in [0.15, 0.2) is 23.1 Å². The standard InChI is InChI=1S/C22H24BrF3N4O2/c1-5-21(4)8-7-16-18(27-11-29(16)21)19(20(31)32-6-2)30-10-13-14(22(24,25)26)9-15(23)12(3)17(13)28-30/h9-11,19H,5-8H2,1-4H3. The molecule has 0 aliphatic carbocycles. The molecule has 1 aliphatic rings. The fraction of sp³-hybridized carbons (Fsp3) is 0.500. The monoisotopic (exact) mass is 512 g/mol. The topological polar surface area (TPSA) is 61.9 Å². The molecule has 1 aromatic carbocycles. The first-order chi connectivity index (χ1) is 15.0. The van der Waals surface area contributed by atoms with Crippen LogP contribution < -0.4 is 0 Å². The average Bonchev–Trinajstić information content (AvgIpc) is 3.41. The third-order valence-electron chi connectivity index (χ3n) is 6.49. The molecule has 2 unspecified atom stereocenters. The number of imidazole rings is 1. The summed E-state index contributed by atoms with van der Waals surface area (Å²) in [5.41, 5.74) is 1.17. The maximum absolute atomic E-state index is 13.7. The predicted octanol–water partition coefficient (Wildman–Crippen LogP) is 5.55. The molecule has 10 heteroatoms. The summed E-state index contributed by atoms with van der Waals surface area (Å²) in [7, 11) is 0. The molecular formula is C22H24BrF3N4O2. The van der Waals surface area contributed by atoms with E-state index in [2.05, 4.69) is 44.4 Å². The van der Waals surface area contributed by atoms with Gasteiger partial charge in [-0.05, 0) is 51.7 Å². The van der Waals surface area contributed by atoms with Crippen molar-refractivity contribution in [1.29, 1.82) is 0 Å². The van der Waals surface area contributed by atoms with Gasteiger partial charge in [0, 0.05) is 27.3 Å². The molecule has 3 aromatic rings. The number of halogens is 4. The van der Waals surface area contributed by atoms with E-state index in [1.807, 2.05) is 0 Å². The van der Waals surface area contributed by atoms with Gasteiger partial charge < -0.3 is 9.30 Å². The summed E-state index contributed by atoms with van der Waals surface area (Å²) in [6.45, 7) is 7.73. The molecule has 3 heterocycles. The minimum atomic E-state index is -4.57. The molecule has 172 valence electrons. The smallest absolute Gasteiger partial charge is 0.417 e. The van der Waals surface area contributed by atoms with Gasteiger partial charge in [-0.15, -0.1) is 0 Å². The zero-order valence-electron chi connectivity index (χ0n) is 18.3. The Kier molecular flexibility index (Phi) is 5.63. The number of carbonyl (C=O) groups excluding carboxylic acids is 1. The van der Waals surface area contributed by atoms with Gasteiger partial charge in [0.05, 0.1) is 29.7 Å². The number of aryl methyl sites for hydroxylation is 1. The normalized spacial score (nSPS) is 19.4. The van der Waals surface area contributed by atoms with Crippen molar-refractivity contribution in [1.82, 2.24) is 19.3 Å². The van der Waals surface area contributed by atoms with Crippen LogP contribution in [0.2, 0.25) is 0 Å². The van der Waals surface area contributed by atoms with Crippen molar-refractivity contribution in [3.8, 4) is 0 Å². The zero-order chi connectivity index (χ0) is 23.4. The lowest BCUT2D eigenvalue weighted by Gasteiger charge is -2.24. The number of rotatable bonds is 5. The molecule has 0 saturated heterocycles. The van der Waals surface area contributed by atoms with Crippen LogP contribution in [0.1, 0.15) is 62.2 Å². The minimum absolute atomic E-state index is 0.0678. The number of hydrogen-bond donors (Lipinski definition) is 0. The Hall–Kier alpha value is -2.36. The van der Waals surface area contributed by atoms with Gasteiger partial charge >= 0.3 is 12.1 Å². The second kappa shape index (κ2) is 7.90. The number of benzene rings is 1. The van der Waals surface area contributed by atoms with Crippen molar-refractivity contribution in [2.24, 2.45) is 0 Å². The second-order valence-corrected chi connectivity index (χ2v) is 9.21. The Morgan fingerprint density at radius 1 is 1.38 bits per heavy atom. The van der Waals surface area contributed by atoms with Crippen molar-refractivity contribution >= 4 is 32.8 Å². The van der Waals surface area contributed by atoms with E-state index in [0.29, 0.717) is 15.7 Å². The van der Waals surface area contributed by atoms with Gasteiger partial charge in [0.2, 0.25) is 0 Å². The maximum Gasteiger partial charge on any atom is 0.417 e. The van der Waals surface area contributed by atoms with E-state index in [1.165, 1.54) is 10.9 Å². The maximum atomic E-state index is 13.7. The van der Waals surface area contributed by atoms with Gasteiger partial charge in [-0.1, -0.05) is 22.9 Å². The lowest BCUT2D eigenvalue weighted by Crippen LogP contribution is -2.25. The van der Waals surface area contributed by atoms with E-state index in [4.69, 9.17) is 4.74 Å². The van der Waals surface area contributed by atoms with Gasteiger partial charge in [0.15, 0.2) is 6.04 Å². The van der Waals surface area contributed by atoms with E-state index in [9.17, 15) is 18.0 Å². The lowest BCUT2D eigenvalue weighted by molar-refractivity contribution is -0.146. The first kappa shape index (κ1) is 22.8. The SMILES string of the molecule is CCOC(=O)C(c1ncn2c1CCC2(C)CC)n1cc2c(C(F)(F)F)cc(Br)c(C)c2n1. The fourth-order valence-electron chi connectivity index (χ4n) is 4.41. The highest BCUT2D eigenvalue weighted by Crippen LogP contribution is 2.41. The summed E-state index contributed by atoms with van der Waals surface area (Å²) in [4.78, 5) is 17.5. The first-order valence-corrected chi connectivity index (χ1v) is 11.3. The van der Waals surface area contributed by atoms with Crippen molar-refractivity contribution in [2.45, 2.75) is 64.7 Å². The van der Waals surface area contributed by atoms with Crippen LogP contribution >= 0.6 is 15.9 Å². The molecular weight excluding hydrogens is 489 g/mol. The van der Waals surface area contributed by atoms with Gasteiger partial charge in [0.1, 0.15) is 0 Å². The molecule has 0 bridgehead atoms. The van der Waals surface area contributed by atoms with Gasteiger partial charge in [-0.2, -0.15) is 18.3 Å². The summed E-state index contributed by atoms with van der Waals surface area (Å²) in [6, 6.07) is -0.0265. The highest BCUT2D eigenvalue weighted by atomic mass is 79.9. The van der Waals surface area contributed by atoms with Crippen molar-refractivity contribution in [2.75, 3.05) is 6.61 Å². The van der Waals surface area contributed by atoms with Crippen molar-refractivity contribution in [3.05, 3.63) is 45.6 Å². The lowest BCUT2D eigenvalue weighted by atomic mass is 9.96. The number of fused-ring (bicyclic) bond motifs is 2. The molecule has 0 radical (unpaired) electrons.